The van der Waals surface area contributed by atoms with Crippen molar-refractivity contribution < 1.29 is 14.2 Å². The molecule has 0 unspecified atom stereocenters. The molecule has 4 rings (SSSR count). The molecule has 0 atom stereocenters. The second-order valence-electron chi connectivity index (χ2n) is 10.1. The maximum Gasteiger partial charge on any atom is 0.119 e. The van der Waals surface area contributed by atoms with Crippen molar-refractivity contribution in [1.82, 2.24) is 0 Å². The van der Waals surface area contributed by atoms with Gasteiger partial charge in [-0.3, -0.25) is 0 Å². The van der Waals surface area contributed by atoms with Crippen LogP contribution < -0.4 is 31.4 Å². The first-order chi connectivity index (χ1) is 22.1. The van der Waals surface area contributed by atoms with Crippen molar-refractivity contribution in [2.75, 3.05) is 39.5 Å². The fourth-order valence-corrected chi connectivity index (χ4v) is 4.00. The second kappa shape index (κ2) is 18.5. The third kappa shape index (κ3) is 11.8. The van der Waals surface area contributed by atoms with Gasteiger partial charge in [-0.2, -0.15) is 0 Å². The molecule has 0 aliphatic heterocycles. The van der Waals surface area contributed by atoms with Crippen molar-refractivity contribution >= 4 is 0 Å². The fraction of sp³-hybridized carbons (Fsp3) is 0.231. The summed E-state index contributed by atoms with van der Waals surface area (Å²) in [6, 6.07) is 29.1. The Labute approximate surface area is 266 Å². The van der Waals surface area contributed by atoms with E-state index >= 15 is 0 Å². The Balaban J connectivity index is 1.56. The minimum Gasteiger partial charge on any atom is -0.494 e. The molecule has 0 fully saturated rings. The molecule has 0 spiro atoms. The summed E-state index contributed by atoms with van der Waals surface area (Å²) >= 11 is 0. The highest BCUT2D eigenvalue weighted by atomic mass is 16.5. The number of nitrogens with two attached hydrogens (primary N) is 3. The van der Waals surface area contributed by atoms with E-state index in [0.717, 1.165) is 69.9 Å². The zero-order valence-electron chi connectivity index (χ0n) is 25.5. The molecule has 0 aliphatic carbocycles. The Morgan fingerprint density at radius 2 is 0.600 bits per heavy atom. The van der Waals surface area contributed by atoms with Crippen LogP contribution in [0.25, 0.3) is 0 Å². The molecule has 6 heteroatoms. The molecule has 45 heavy (non-hydrogen) atoms. The van der Waals surface area contributed by atoms with E-state index in [9.17, 15) is 0 Å². The maximum atomic E-state index is 5.70. The molecule has 0 saturated heterocycles. The molecule has 0 radical (unpaired) electrons. The van der Waals surface area contributed by atoms with Gasteiger partial charge < -0.3 is 31.4 Å². The van der Waals surface area contributed by atoms with Crippen LogP contribution in [0.5, 0.6) is 17.2 Å². The molecule has 4 aromatic rings. The summed E-state index contributed by atoms with van der Waals surface area (Å²) in [6.45, 7) is 3.60. The first kappa shape index (κ1) is 32.7. The van der Waals surface area contributed by atoms with Crippen molar-refractivity contribution in [2.45, 2.75) is 19.3 Å². The smallest absolute Gasteiger partial charge is 0.119 e. The van der Waals surface area contributed by atoms with Crippen molar-refractivity contribution in [3.05, 3.63) is 124 Å². The Kier molecular flexibility index (Phi) is 13.5. The zero-order valence-corrected chi connectivity index (χ0v) is 25.5. The lowest BCUT2D eigenvalue weighted by molar-refractivity contribution is 0.313. The average molecular weight is 598 g/mol. The molecular formula is C39H39N3O3. The van der Waals surface area contributed by atoms with Gasteiger partial charge in [-0.15, -0.1) is 0 Å². The molecule has 4 aromatic carbocycles. The second-order valence-corrected chi connectivity index (χ2v) is 10.1. The molecule has 6 N–H and O–H groups in total. The third-order valence-electron chi connectivity index (χ3n) is 6.40. The van der Waals surface area contributed by atoms with E-state index in [2.05, 4.69) is 35.5 Å². The summed E-state index contributed by atoms with van der Waals surface area (Å²) in [5.41, 5.74) is 21.8. The van der Waals surface area contributed by atoms with Crippen LogP contribution >= 0.6 is 0 Å². The van der Waals surface area contributed by atoms with Crippen molar-refractivity contribution in [2.24, 2.45) is 17.2 Å². The van der Waals surface area contributed by atoms with Crippen molar-refractivity contribution in [3.8, 4) is 52.8 Å². The largest absolute Gasteiger partial charge is 0.494 e. The van der Waals surface area contributed by atoms with Gasteiger partial charge in [0.2, 0.25) is 0 Å². The van der Waals surface area contributed by atoms with Gasteiger partial charge in [0.15, 0.2) is 0 Å². The summed E-state index contributed by atoms with van der Waals surface area (Å²) in [4.78, 5) is 0. The highest BCUT2D eigenvalue weighted by Crippen LogP contribution is 2.15. The lowest BCUT2D eigenvalue weighted by Gasteiger charge is -2.04. The maximum absolute atomic E-state index is 5.70. The minimum absolute atomic E-state index is 0.596. The lowest BCUT2D eigenvalue weighted by atomic mass is 10.0. The Morgan fingerprint density at radius 3 is 0.844 bits per heavy atom. The predicted octanol–water partition coefficient (Wildman–Crippen LogP) is 5.07. The van der Waals surface area contributed by atoms with Crippen LogP contribution in [0.4, 0.5) is 0 Å². The van der Waals surface area contributed by atoms with Crippen LogP contribution in [0, 0.1) is 35.5 Å². The van der Waals surface area contributed by atoms with Gasteiger partial charge >= 0.3 is 0 Å². The first-order valence-corrected chi connectivity index (χ1v) is 15.1. The normalized spacial score (nSPS) is 9.93. The van der Waals surface area contributed by atoms with Gasteiger partial charge in [0, 0.05) is 33.4 Å². The first-order valence-electron chi connectivity index (χ1n) is 15.1. The molecule has 0 saturated carbocycles. The summed E-state index contributed by atoms with van der Waals surface area (Å²) in [5, 5.41) is 0. The van der Waals surface area contributed by atoms with Gasteiger partial charge in [-0.1, -0.05) is 35.5 Å². The fourth-order valence-electron chi connectivity index (χ4n) is 4.00. The van der Waals surface area contributed by atoms with E-state index in [1.54, 1.807) is 0 Å². The topological polar surface area (TPSA) is 106 Å². The van der Waals surface area contributed by atoms with Gasteiger partial charge in [0.25, 0.3) is 0 Å². The van der Waals surface area contributed by atoms with Crippen LogP contribution in [-0.2, 0) is 0 Å². The Morgan fingerprint density at radius 1 is 0.356 bits per heavy atom. The van der Waals surface area contributed by atoms with Crippen LogP contribution in [0.2, 0.25) is 0 Å². The summed E-state index contributed by atoms with van der Waals surface area (Å²) in [5.74, 6) is 22.0. The van der Waals surface area contributed by atoms with Crippen LogP contribution in [0.15, 0.2) is 91.0 Å². The third-order valence-corrected chi connectivity index (χ3v) is 6.40. The lowest BCUT2D eigenvalue weighted by Crippen LogP contribution is -2.05. The summed E-state index contributed by atoms with van der Waals surface area (Å²) < 4.78 is 17.1. The predicted molar refractivity (Wildman–Crippen MR) is 181 cm³/mol. The van der Waals surface area contributed by atoms with Gasteiger partial charge in [-0.05, 0) is 130 Å². The molecule has 0 heterocycles. The average Bonchev–Trinajstić information content (AvgIpc) is 3.07. The molecule has 0 aromatic heterocycles. The Hall–Kier alpha value is -5.16. The summed E-state index contributed by atoms with van der Waals surface area (Å²) in [6.07, 6.45) is 2.45. The van der Waals surface area contributed by atoms with Crippen LogP contribution in [0.3, 0.4) is 0 Å². The van der Waals surface area contributed by atoms with E-state index in [0.29, 0.717) is 39.5 Å². The number of ether oxygens (including phenoxy) is 3. The SMILES string of the molecule is NCCCOc1ccc(C#Cc2cc(C#Cc3ccc(OCCCN)cc3)cc(C#Cc3ccc(OCCCN)cc3)c2)cc1. The van der Waals surface area contributed by atoms with E-state index in [1.807, 2.05) is 91.0 Å². The van der Waals surface area contributed by atoms with Crippen molar-refractivity contribution in [1.29, 1.82) is 0 Å². The van der Waals surface area contributed by atoms with E-state index in [1.165, 1.54) is 0 Å². The highest BCUT2D eigenvalue weighted by Gasteiger charge is 2.00. The zero-order chi connectivity index (χ0) is 31.5. The minimum atomic E-state index is 0.596. The molecule has 0 bridgehead atoms. The standard InChI is InChI=1S/C39H39N3O3/c40-22-1-25-43-37-16-10-31(11-17-37)4-7-34-28-35(8-5-32-12-18-38(19-13-32)44-26-2-23-41)30-36(29-34)9-6-33-14-20-39(21-15-33)45-27-3-24-42/h10-21,28-30H,1-3,22-27,40-42H2. The van der Waals surface area contributed by atoms with E-state index in [-0.39, 0.29) is 0 Å². The Bertz CT molecular complexity index is 1460. The van der Waals surface area contributed by atoms with E-state index < -0.39 is 0 Å². The van der Waals surface area contributed by atoms with Gasteiger partial charge in [-0.25, -0.2) is 0 Å². The highest BCUT2D eigenvalue weighted by molar-refractivity contribution is 5.55. The summed E-state index contributed by atoms with van der Waals surface area (Å²) in [7, 11) is 0. The number of hydrogen-bond acceptors (Lipinski definition) is 6. The van der Waals surface area contributed by atoms with Crippen LogP contribution in [0.1, 0.15) is 52.6 Å². The molecular weight excluding hydrogens is 558 g/mol. The monoisotopic (exact) mass is 597 g/mol. The number of hydrogen-bond donors (Lipinski definition) is 3. The van der Waals surface area contributed by atoms with Crippen molar-refractivity contribution in [3.63, 3.8) is 0 Å². The van der Waals surface area contributed by atoms with E-state index in [4.69, 9.17) is 31.4 Å². The number of benzene rings is 4. The molecule has 0 amide bonds. The molecule has 6 nitrogen and oxygen atoms in total. The number of rotatable bonds is 12. The molecule has 228 valence electrons. The van der Waals surface area contributed by atoms with Gasteiger partial charge in [0.05, 0.1) is 19.8 Å². The molecule has 0 aliphatic rings. The quantitative estimate of drug-likeness (QED) is 0.156. The van der Waals surface area contributed by atoms with Crippen LogP contribution in [-0.4, -0.2) is 39.5 Å². The van der Waals surface area contributed by atoms with Gasteiger partial charge in [0.1, 0.15) is 17.2 Å².